The van der Waals surface area contributed by atoms with E-state index >= 15 is 0 Å². The SMILES string of the molecule is CCC=CCCC(C)=CCO. The molecule has 0 rings (SSSR count). The van der Waals surface area contributed by atoms with Gasteiger partial charge in [0.2, 0.25) is 0 Å². The highest BCUT2D eigenvalue weighted by Gasteiger charge is 1.85. The number of allylic oxidation sites excluding steroid dienone is 3. The van der Waals surface area contributed by atoms with Crippen LogP contribution in [0.25, 0.3) is 0 Å². The molecule has 0 unspecified atom stereocenters. The van der Waals surface area contributed by atoms with Gasteiger partial charge in [-0.3, -0.25) is 0 Å². The van der Waals surface area contributed by atoms with Gasteiger partial charge in [0.1, 0.15) is 0 Å². The fraction of sp³-hybridized carbons (Fsp3) is 0.600. The highest BCUT2D eigenvalue weighted by Crippen LogP contribution is 2.03. The normalized spacial score (nSPS) is 12.8. The Kier molecular flexibility index (Phi) is 7.16. The lowest BCUT2D eigenvalue weighted by Gasteiger charge is -1.95. The molecule has 1 nitrogen and oxygen atoms in total. The van der Waals surface area contributed by atoms with Crippen LogP contribution in [0.5, 0.6) is 0 Å². The monoisotopic (exact) mass is 154 g/mol. The standard InChI is InChI=1S/C10H18O/c1-3-4-5-6-7-10(2)8-9-11/h4-5,8,11H,3,6-7,9H2,1-2H3. The third-order valence-corrected chi connectivity index (χ3v) is 1.55. The van der Waals surface area contributed by atoms with Gasteiger partial charge in [-0.25, -0.2) is 0 Å². The second-order valence-corrected chi connectivity index (χ2v) is 2.65. The fourth-order valence-corrected chi connectivity index (χ4v) is 0.853. The van der Waals surface area contributed by atoms with E-state index in [-0.39, 0.29) is 6.61 Å². The van der Waals surface area contributed by atoms with Crippen molar-refractivity contribution >= 4 is 0 Å². The van der Waals surface area contributed by atoms with Gasteiger partial charge in [-0.15, -0.1) is 0 Å². The average Bonchev–Trinajstić information content (AvgIpc) is 1.99. The van der Waals surface area contributed by atoms with Crippen molar-refractivity contribution in [1.29, 1.82) is 0 Å². The molecule has 0 aliphatic rings. The van der Waals surface area contributed by atoms with Crippen molar-refractivity contribution in [2.75, 3.05) is 6.61 Å². The molecule has 0 saturated heterocycles. The molecule has 0 heterocycles. The zero-order valence-corrected chi connectivity index (χ0v) is 7.51. The molecule has 0 aliphatic heterocycles. The summed E-state index contributed by atoms with van der Waals surface area (Å²) in [5.74, 6) is 0. The molecule has 0 fully saturated rings. The molecule has 1 heteroatoms. The quantitative estimate of drug-likeness (QED) is 0.604. The summed E-state index contributed by atoms with van der Waals surface area (Å²) in [7, 11) is 0. The molecule has 64 valence electrons. The van der Waals surface area contributed by atoms with E-state index in [1.165, 1.54) is 5.57 Å². The minimum atomic E-state index is 0.170. The zero-order chi connectivity index (χ0) is 8.53. The molecule has 0 bridgehead atoms. The van der Waals surface area contributed by atoms with Crippen LogP contribution in [0.1, 0.15) is 33.1 Å². The highest BCUT2D eigenvalue weighted by atomic mass is 16.2. The molecular weight excluding hydrogens is 136 g/mol. The molecule has 0 aliphatic carbocycles. The predicted molar refractivity (Wildman–Crippen MR) is 49.5 cm³/mol. The van der Waals surface area contributed by atoms with Crippen molar-refractivity contribution < 1.29 is 5.11 Å². The van der Waals surface area contributed by atoms with Crippen molar-refractivity contribution in [3.05, 3.63) is 23.8 Å². The van der Waals surface area contributed by atoms with Gasteiger partial charge < -0.3 is 5.11 Å². The molecule has 0 aromatic rings. The molecular formula is C10H18O. The van der Waals surface area contributed by atoms with Crippen LogP contribution in [-0.2, 0) is 0 Å². The van der Waals surface area contributed by atoms with Gasteiger partial charge in [0.25, 0.3) is 0 Å². The van der Waals surface area contributed by atoms with Crippen molar-refractivity contribution in [3.63, 3.8) is 0 Å². The average molecular weight is 154 g/mol. The lowest BCUT2D eigenvalue weighted by atomic mass is 10.1. The minimum absolute atomic E-state index is 0.170. The van der Waals surface area contributed by atoms with Crippen LogP contribution >= 0.6 is 0 Å². The van der Waals surface area contributed by atoms with E-state index in [9.17, 15) is 0 Å². The van der Waals surface area contributed by atoms with Crippen LogP contribution in [0.2, 0.25) is 0 Å². The van der Waals surface area contributed by atoms with Crippen LogP contribution in [-0.4, -0.2) is 11.7 Å². The molecule has 0 spiro atoms. The van der Waals surface area contributed by atoms with Gasteiger partial charge in [0, 0.05) is 0 Å². The number of rotatable bonds is 5. The Morgan fingerprint density at radius 3 is 2.64 bits per heavy atom. The van der Waals surface area contributed by atoms with E-state index in [1.54, 1.807) is 0 Å². The van der Waals surface area contributed by atoms with E-state index in [4.69, 9.17) is 5.11 Å². The molecule has 0 aromatic heterocycles. The van der Waals surface area contributed by atoms with Crippen LogP contribution in [0.4, 0.5) is 0 Å². The van der Waals surface area contributed by atoms with Gasteiger partial charge in [-0.1, -0.05) is 30.7 Å². The topological polar surface area (TPSA) is 20.2 Å². The smallest absolute Gasteiger partial charge is 0.0614 e. The Morgan fingerprint density at radius 1 is 1.36 bits per heavy atom. The maximum Gasteiger partial charge on any atom is 0.0614 e. The van der Waals surface area contributed by atoms with E-state index in [2.05, 4.69) is 26.0 Å². The summed E-state index contributed by atoms with van der Waals surface area (Å²) in [6, 6.07) is 0. The Hall–Kier alpha value is -0.560. The summed E-state index contributed by atoms with van der Waals surface area (Å²) < 4.78 is 0. The van der Waals surface area contributed by atoms with E-state index in [0.717, 1.165) is 19.3 Å². The summed E-state index contributed by atoms with van der Waals surface area (Å²) in [6.45, 7) is 4.35. The van der Waals surface area contributed by atoms with Crippen LogP contribution in [0.15, 0.2) is 23.8 Å². The molecule has 0 amide bonds. The van der Waals surface area contributed by atoms with Crippen molar-refractivity contribution in [1.82, 2.24) is 0 Å². The van der Waals surface area contributed by atoms with Crippen LogP contribution in [0, 0.1) is 0 Å². The molecule has 1 N–H and O–H groups in total. The Morgan fingerprint density at radius 2 is 2.09 bits per heavy atom. The molecule has 0 radical (unpaired) electrons. The number of aliphatic hydroxyl groups is 1. The van der Waals surface area contributed by atoms with Gasteiger partial charge in [-0.2, -0.15) is 0 Å². The van der Waals surface area contributed by atoms with Gasteiger partial charge in [0.15, 0.2) is 0 Å². The first-order chi connectivity index (χ1) is 5.31. The summed E-state index contributed by atoms with van der Waals surface area (Å²) in [5, 5.41) is 8.54. The summed E-state index contributed by atoms with van der Waals surface area (Å²) in [6.07, 6.45) is 9.50. The van der Waals surface area contributed by atoms with Crippen molar-refractivity contribution in [2.45, 2.75) is 33.1 Å². The van der Waals surface area contributed by atoms with E-state index in [0.29, 0.717) is 0 Å². The number of hydrogen-bond donors (Lipinski definition) is 1. The third-order valence-electron chi connectivity index (χ3n) is 1.55. The number of hydrogen-bond acceptors (Lipinski definition) is 1. The Labute approximate surface area is 69.4 Å². The van der Waals surface area contributed by atoms with E-state index in [1.807, 2.05) is 6.08 Å². The maximum atomic E-state index is 8.54. The second kappa shape index (κ2) is 7.55. The van der Waals surface area contributed by atoms with Gasteiger partial charge in [0.05, 0.1) is 6.61 Å². The van der Waals surface area contributed by atoms with Gasteiger partial charge >= 0.3 is 0 Å². The molecule has 11 heavy (non-hydrogen) atoms. The predicted octanol–water partition coefficient (Wildman–Crippen LogP) is 2.67. The van der Waals surface area contributed by atoms with Gasteiger partial charge in [-0.05, 0) is 26.2 Å². The highest BCUT2D eigenvalue weighted by molar-refractivity contribution is 4.99. The largest absolute Gasteiger partial charge is 0.392 e. The third kappa shape index (κ3) is 7.34. The van der Waals surface area contributed by atoms with Crippen molar-refractivity contribution in [3.8, 4) is 0 Å². The lowest BCUT2D eigenvalue weighted by Crippen LogP contribution is -1.79. The summed E-state index contributed by atoms with van der Waals surface area (Å²) in [5.41, 5.74) is 1.27. The summed E-state index contributed by atoms with van der Waals surface area (Å²) >= 11 is 0. The lowest BCUT2D eigenvalue weighted by molar-refractivity contribution is 0.341. The number of aliphatic hydroxyl groups excluding tert-OH is 1. The molecule has 0 aromatic carbocycles. The second-order valence-electron chi connectivity index (χ2n) is 2.65. The fourth-order valence-electron chi connectivity index (χ4n) is 0.853. The first kappa shape index (κ1) is 10.4. The molecule has 0 saturated carbocycles. The van der Waals surface area contributed by atoms with Crippen LogP contribution < -0.4 is 0 Å². The molecule has 0 atom stereocenters. The minimum Gasteiger partial charge on any atom is -0.392 e. The van der Waals surface area contributed by atoms with E-state index < -0.39 is 0 Å². The maximum absolute atomic E-state index is 8.54. The Bertz CT molecular complexity index is 134. The van der Waals surface area contributed by atoms with Crippen molar-refractivity contribution in [2.24, 2.45) is 0 Å². The zero-order valence-electron chi connectivity index (χ0n) is 7.51. The first-order valence-electron chi connectivity index (χ1n) is 4.22. The Balaban J connectivity index is 3.38. The van der Waals surface area contributed by atoms with Crippen LogP contribution in [0.3, 0.4) is 0 Å². The summed E-state index contributed by atoms with van der Waals surface area (Å²) in [4.78, 5) is 0. The first-order valence-corrected chi connectivity index (χ1v) is 4.22.